The summed E-state index contributed by atoms with van der Waals surface area (Å²) in [4.78, 5) is 73.4. The lowest BCUT2D eigenvalue weighted by Crippen LogP contribution is -2.59. The summed E-state index contributed by atoms with van der Waals surface area (Å²) in [7, 11) is 1.21. The number of aliphatic hydroxyl groups is 1. The van der Waals surface area contributed by atoms with Gasteiger partial charge in [0.25, 0.3) is 0 Å². The third-order valence-corrected chi connectivity index (χ3v) is 16.8. The summed E-state index contributed by atoms with van der Waals surface area (Å²) in [5.41, 5.74) is 8.38. The summed E-state index contributed by atoms with van der Waals surface area (Å²) < 4.78 is 3.31. The molecule has 0 aliphatic carbocycles. The van der Waals surface area contributed by atoms with Gasteiger partial charge in [-0.1, -0.05) is 208 Å². The number of aromatic nitrogens is 1. The van der Waals surface area contributed by atoms with Crippen LogP contribution >= 0.6 is 34.9 Å². The number of hydrogen-bond acceptors (Lipinski definition) is 11. The first-order chi connectivity index (χ1) is 37.4. The number of ether oxygens (including phenoxy) is 1. The number of nitrogens with one attached hydrogen (secondary N) is 4. The van der Waals surface area contributed by atoms with Gasteiger partial charge in [0.2, 0.25) is 23.6 Å². The van der Waals surface area contributed by atoms with E-state index in [4.69, 9.17) is 4.74 Å². The Labute approximate surface area is 463 Å². The van der Waals surface area contributed by atoms with Crippen LogP contribution in [-0.2, 0) is 44.6 Å². The summed E-state index contributed by atoms with van der Waals surface area (Å²) >= 11 is 4.57. The third kappa shape index (κ3) is 15.2. The van der Waals surface area contributed by atoms with Gasteiger partial charge in [-0.25, -0.2) is 4.98 Å². The van der Waals surface area contributed by atoms with E-state index in [0.717, 1.165) is 33.4 Å². The molecule has 0 fully saturated rings. The van der Waals surface area contributed by atoms with Gasteiger partial charge in [-0.05, 0) is 51.5 Å². The van der Waals surface area contributed by atoms with Crippen LogP contribution in [0.25, 0.3) is 0 Å². The van der Waals surface area contributed by atoms with Crippen molar-refractivity contribution in [3.63, 3.8) is 0 Å². The minimum absolute atomic E-state index is 0.00677. The quantitative estimate of drug-likeness (QED) is 0.0145. The van der Waals surface area contributed by atoms with E-state index in [1.807, 2.05) is 115 Å². The molecule has 77 heavy (non-hydrogen) atoms. The molecule has 6 aromatic carbocycles. The van der Waals surface area contributed by atoms with Crippen molar-refractivity contribution in [2.24, 2.45) is 5.92 Å². The number of allylic oxidation sites excluding steroid dienone is 1. The Morgan fingerprint density at radius 1 is 0.610 bits per heavy atom. The molecule has 0 saturated heterocycles. The molecule has 0 radical (unpaired) electrons. The SMILES string of the molecule is COC(=O)CNC(=O)[C@H](NC(=O)[C@@H](CSC(c1ccccc1)(c1ccccc1)c1ccccc1)NC(=O)[C@@H](Cc1cscn1)NC(=O)C[C@H](O)/C=C/CCSC(c1ccccc1)(c1ccccc1)c1ccccc1)C(C)C. The van der Waals surface area contributed by atoms with Gasteiger partial charge in [0.05, 0.1) is 40.3 Å². The minimum Gasteiger partial charge on any atom is -0.468 e. The second-order valence-electron chi connectivity index (χ2n) is 18.6. The highest BCUT2D eigenvalue weighted by Crippen LogP contribution is 2.50. The van der Waals surface area contributed by atoms with Crippen molar-refractivity contribution in [3.05, 3.63) is 244 Å². The Morgan fingerprint density at radius 3 is 1.47 bits per heavy atom. The van der Waals surface area contributed by atoms with Crippen molar-refractivity contribution in [2.45, 2.75) is 66.8 Å². The van der Waals surface area contributed by atoms with Gasteiger partial charge in [-0.3, -0.25) is 24.0 Å². The average molecular weight is 1090 g/mol. The fraction of sp³-hybridized carbons (Fsp3) is 0.258. The molecule has 4 atom stereocenters. The van der Waals surface area contributed by atoms with Gasteiger partial charge in [0, 0.05) is 17.6 Å². The van der Waals surface area contributed by atoms with Crippen molar-refractivity contribution in [1.82, 2.24) is 26.3 Å². The Bertz CT molecular complexity index is 2780. The fourth-order valence-electron chi connectivity index (χ4n) is 9.13. The molecular formula is C62H65N5O7S3. The van der Waals surface area contributed by atoms with Crippen molar-refractivity contribution in [1.29, 1.82) is 0 Å². The van der Waals surface area contributed by atoms with Gasteiger partial charge in [-0.2, -0.15) is 0 Å². The lowest BCUT2D eigenvalue weighted by atomic mass is 9.84. The number of thiazole rings is 1. The van der Waals surface area contributed by atoms with Gasteiger partial charge in [0.15, 0.2) is 0 Å². The number of hydrogen-bond donors (Lipinski definition) is 5. The number of methoxy groups -OCH3 is 1. The summed E-state index contributed by atoms with van der Waals surface area (Å²) in [5, 5.41) is 24.2. The average Bonchev–Trinajstić information content (AvgIpc) is 3.99. The highest BCUT2D eigenvalue weighted by Gasteiger charge is 2.40. The first kappa shape index (κ1) is 57.4. The standard InChI is InChI=1S/C62H65N5O7S3/c1-44(2)57(60(73)63-40-56(70)74-3)67-59(72)54(42-77-62(48-30-16-7-17-31-48,49-32-18-8-19-33-49)50-34-20-9-21-35-50)66-58(71)53(38-51-41-75-43-64-51)65-55(69)39-52(68)36-22-23-37-76-61(45-24-10-4-11-25-45,46-26-12-5-13-27-46)47-28-14-6-15-29-47/h4-22,24-36,41,43-44,52-54,57,68H,23,37-40,42H2,1-3H3,(H,63,73)(H,65,69)(H,66,71)(H,67,72)/b36-22+/t52-,53-,54-,57-/m1/s1. The number of nitrogens with zero attached hydrogens (tertiary/aromatic N) is 1. The van der Waals surface area contributed by atoms with E-state index in [9.17, 15) is 29.1 Å². The molecule has 398 valence electrons. The maximum Gasteiger partial charge on any atom is 0.325 e. The summed E-state index contributed by atoms with van der Waals surface area (Å²) in [5.74, 6) is -2.93. The van der Waals surface area contributed by atoms with Crippen LogP contribution in [0.1, 0.15) is 65.8 Å². The number of amides is 4. The molecule has 12 nitrogen and oxygen atoms in total. The third-order valence-electron chi connectivity index (χ3n) is 13.0. The molecule has 0 unspecified atom stereocenters. The molecule has 1 heterocycles. The number of carbonyl (C=O) groups excluding carboxylic acids is 5. The first-order valence-corrected chi connectivity index (χ1v) is 28.4. The van der Waals surface area contributed by atoms with E-state index >= 15 is 0 Å². The molecule has 7 aromatic rings. The van der Waals surface area contributed by atoms with Crippen LogP contribution in [0.5, 0.6) is 0 Å². The van der Waals surface area contributed by atoms with E-state index in [-0.39, 0.29) is 18.6 Å². The molecule has 0 aliphatic heterocycles. The molecule has 0 bridgehead atoms. The van der Waals surface area contributed by atoms with E-state index < -0.39 is 75.8 Å². The minimum atomic E-state index is -1.27. The van der Waals surface area contributed by atoms with Crippen molar-refractivity contribution in [2.75, 3.05) is 25.2 Å². The second-order valence-corrected chi connectivity index (χ2v) is 21.9. The Morgan fingerprint density at radius 2 is 1.05 bits per heavy atom. The molecule has 4 amide bonds. The zero-order valence-electron chi connectivity index (χ0n) is 43.3. The van der Waals surface area contributed by atoms with Crippen LogP contribution in [0.4, 0.5) is 0 Å². The van der Waals surface area contributed by atoms with Gasteiger partial charge < -0.3 is 31.1 Å². The van der Waals surface area contributed by atoms with Gasteiger partial charge in [0.1, 0.15) is 24.7 Å². The predicted molar refractivity (Wildman–Crippen MR) is 309 cm³/mol. The molecular weight excluding hydrogens is 1020 g/mol. The molecule has 0 spiro atoms. The van der Waals surface area contributed by atoms with E-state index in [2.05, 4.69) is 99.0 Å². The molecule has 0 saturated carbocycles. The highest BCUT2D eigenvalue weighted by molar-refractivity contribution is 8.00. The van der Waals surface area contributed by atoms with E-state index in [1.165, 1.54) is 30.2 Å². The van der Waals surface area contributed by atoms with E-state index in [0.29, 0.717) is 17.9 Å². The number of thioether (sulfide) groups is 2. The lowest BCUT2D eigenvalue weighted by molar-refractivity contribution is -0.141. The summed E-state index contributed by atoms with van der Waals surface area (Å²) in [6.45, 7) is 3.11. The number of carbonyl (C=O) groups is 5. The highest BCUT2D eigenvalue weighted by atomic mass is 32.2. The lowest BCUT2D eigenvalue weighted by Gasteiger charge is -2.37. The van der Waals surface area contributed by atoms with Crippen molar-refractivity contribution in [3.8, 4) is 0 Å². The molecule has 7 rings (SSSR count). The molecule has 1 aromatic heterocycles. The summed E-state index contributed by atoms with van der Waals surface area (Å²) in [6.07, 6.45) is 2.56. The second kappa shape index (κ2) is 28.7. The van der Waals surface area contributed by atoms with Crippen LogP contribution in [-0.4, -0.2) is 89.1 Å². The molecule has 15 heteroatoms. The maximum absolute atomic E-state index is 14.8. The zero-order chi connectivity index (χ0) is 54.5. The monoisotopic (exact) mass is 1090 g/mol. The van der Waals surface area contributed by atoms with Crippen LogP contribution in [0, 0.1) is 5.92 Å². The fourth-order valence-corrected chi connectivity index (χ4v) is 12.7. The molecule has 5 N–H and O–H groups in total. The first-order valence-electron chi connectivity index (χ1n) is 25.5. The molecule has 0 aliphatic rings. The number of aliphatic hydroxyl groups excluding tert-OH is 1. The van der Waals surface area contributed by atoms with Crippen LogP contribution in [0.2, 0.25) is 0 Å². The van der Waals surface area contributed by atoms with Crippen LogP contribution in [0.3, 0.4) is 0 Å². The van der Waals surface area contributed by atoms with Crippen molar-refractivity contribution < 1.29 is 33.8 Å². The van der Waals surface area contributed by atoms with Gasteiger partial charge >= 0.3 is 5.97 Å². The predicted octanol–water partition coefficient (Wildman–Crippen LogP) is 9.23. The Kier molecular flexibility index (Phi) is 21.4. The topological polar surface area (TPSA) is 176 Å². The van der Waals surface area contributed by atoms with Crippen molar-refractivity contribution >= 4 is 64.5 Å². The largest absolute Gasteiger partial charge is 0.468 e. The van der Waals surface area contributed by atoms with Crippen LogP contribution < -0.4 is 21.3 Å². The smallest absolute Gasteiger partial charge is 0.325 e. The van der Waals surface area contributed by atoms with Gasteiger partial charge in [-0.15, -0.1) is 34.9 Å². The number of benzene rings is 6. The summed E-state index contributed by atoms with van der Waals surface area (Å²) in [6, 6.07) is 57.3. The Balaban J connectivity index is 1.11. The maximum atomic E-state index is 14.8. The van der Waals surface area contributed by atoms with Crippen LogP contribution in [0.15, 0.2) is 205 Å². The zero-order valence-corrected chi connectivity index (χ0v) is 45.8. The number of rotatable bonds is 27. The van der Waals surface area contributed by atoms with E-state index in [1.54, 1.807) is 42.6 Å². The number of esters is 1. The Hall–Kier alpha value is -7.30. The normalized spacial score (nSPS) is 13.2.